The number of hydrogen-bond donors (Lipinski definition) is 4. The van der Waals surface area contributed by atoms with E-state index in [2.05, 4.69) is 0 Å². The van der Waals surface area contributed by atoms with Gasteiger partial charge in [0.05, 0.1) is 11.0 Å². The number of para-hydroxylation sites is 2. The van der Waals surface area contributed by atoms with Crippen molar-refractivity contribution in [3.8, 4) is 0 Å². The van der Waals surface area contributed by atoms with Crippen LogP contribution in [-0.2, 0) is 0 Å². The minimum atomic E-state index is -1.81. The molecule has 8 heteroatoms. The third-order valence-corrected chi connectivity index (χ3v) is 3.03. The van der Waals surface area contributed by atoms with Gasteiger partial charge < -0.3 is 30.4 Å². The molecule has 3 atom stereocenters. The second-order valence-corrected chi connectivity index (χ2v) is 4.35. The van der Waals surface area contributed by atoms with Crippen molar-refractivity contribution in [3.05, 3.63) is 46.3 Å². The fraction of sp³-hybridized carbons (Fsp3) is 0.333. The molecule has 0 unspecified atom stereocenters. The molecule has 2 aromatic rings. The Morgan fingerprint density at radius 2 is 1.90 bits per heavy atom. The summed E-state index contributed by atoms with van der Waals surface area (Å²) in [7, 11) is 0. The monoisotopic (exact) mass is 282 g/mol. The van der Waals surface area contributed by atoms with Crippen molar-refractivity contribution < 1.29 is 24.9 Å². The highest BCUT2D eigenvalue weighted by Crippen LogP contribution is 2.20. The van der Waals surface area contributed by atoms with Crippen molar-refractivity contribution in [1.29, 1.82) is 0 Å². The zero-order chi connectivity index (χ0) is 14.9. The standard InChI is InChI=1S/C12H14N2O6/c15-6-10(16)12(18)11(17)9-5-13(19)7-3-1-2-4-8(7)14(9)20/h1-5,10-12,15-18H,6H2/t10-,11-,12-/m1/s1. The molecule has 0 aliphatic rings. The van der Waals surface area contributed by atoms with Crippen LogP contribution in [0.25, 0.3) is 11.0 Å². The lowest BCUT2D eigenvalue weighted by atomic mass is 10.1. The summed E-state index contributed by atoms with van der Waals surface area (Å²) >= 11 is 0. The minimum Gasteiger partial charge on any atom is -0.805 e. The van der Waals surface area contributed by atoms with E-state index in [9.17, 15) is 25.4 Å². The Morgan fingerprint density at radius 3 is 2.55 bits per heavy atom. The first-order chi connectivity index (χ1) is 9.47. The fourth-order valence-corrected chi connectivity index (χ4v) is 1.89. The van der Waals surface area contributed by atoms with Crippen molar-refractivity contribution in [3.63, 3.8) is 0 Å². The van der Waals surface area contributed by atoms with Gasteiger partial charge in [-0.3, -0.25) is 0 Å². The number of benzene rings is 1. The van der Waals surface area contributed by atoms with Gasteiger partial charge in [0, 0.05) is 11.0 Å². The van der Waals surface area contributed by atoms with Crippen LogP contribution in [0.5, 0.6) is 0 Å². The molecular formula is C12H14N2O6. The summed E-state index contributed by atoms with van der Waals surface area (Å²) in [6, 6.07) is 5.96. The first kappa shape index (κ1) is 14.4. The molecule has 0 radical (unpaired) electrons. The summed E-state index contributed by atoms with van der Waals surface area (Å²) in [5, 5.41) is 49.6. The zero-order valence-electron chi connectivity index (χ0n) is 10.3. The van der Waals surface area contributed by atoms with Crippen LogP contribution in [0, 0.1) is 10.1 Å². The third-order valence-electron chi connectivity index (χ3n) is 3.03. The van der Waals surface area contributed by atoms with Crippen LogP contribution >= 0.6 is 0 Å². The van der Waals surface area contributed by atoms with Crippen LogP contribution in [0.2, 0.25) is 0 Å². The van der Waals surface area contributed by atoms with Crippen molar-refractivity contribution in [1.82, 2.24) is 4.73 Å². The number of aliphatic hydroxyl groups excluding tert-OH is 4. The van der Waals surface area contributed by atoms with Crippen LogP contribution in [-0.4, -0.2) is 44.0 Å². The predicted molar refractivity (Wildman–Crippen MR) is 68.1 cm³/mol. The van der Waals surface area contributed by atoms with E-state index in [-0.39, 0.29) is 11.0 Å². The summed E-state index contributed by atoms with van der Waals surface area (Å²) in [4.78, 5) is 11.8. The lowest BCUT2D eigenvalue weighted by Gasteiger charge is -2.25. The van der Waals surface area contributed by atoms with Crippen LogP contribution < -0.4 is 4.43 Å². The smallest absolute Gasteiger partial charge is 0.285 e. The van der Waals surface area contributed by atoms with E-state index in [0.717, 1.165) is 6.20 Å². The number of aliphatic hydroxyl groups is 4. The van der Waals surface area contributed by atoms with Crippen LogP contribution in [0.15, 0.2) is 30.5 Å². The Kier molecular flexibility index (Phi) is 4.00. The maximum Gasteiger partial charge on any atom is 0.285 e. The minimum absolute atomic E-state index is 0.0183. The van der Waals surface area contributed by atoms with Gasteiger partial charge in [0.2, 0.25) is 6.20 Å². The van der Waals surface area contributed by atoms with Gasteiger partial charge in [-0.2, -0.15) is 0 Å². The van der Waals surface area contributed by atoms with E-state index in [1.54, 1.807) is 12.1 Å². The van der Waals surface area contributed by atoms with E-state index in [1.165, 1.54) is 12.1 Å². The van der Waals surface area contributed by atoms with Crippen molar-refractivity contribution in [2.45, 2.75) is 18.3 Å². The molecule has 0 amide bonds. The summed E-state index contributed by atoms with van der Waals surface area (Å²) in [6.45, 7) is -0.790. The largest absolute Gasteiger partial charge is 0.805 e. The molecule has 1 aromatic heterocycles. The summed E-state index contributed by atoms with van der Waals surface area (Å²) < 4.78 is 0.696. The average molecular weight is 282 g/mol. The molecule has 0 spiro atoms. The molecule has 8 nitrogen and oxygen atoms in total. The van der Waals surface area contributed by atoms with Gasteiger partial charge >= 0.3 is 0 Å². The Hall–Kier alpha value is -2.00. The van der Waals surface area contributed by atoms with Gasteiger partial charge in [0.15, 0.2) is 0 Å². The Bertz CT molecular complexity index is 671. The molecule has 0 saturated carbocycles. The van der Waals surface area contributed by atoms with Gasteiger partial charge in [-0.25, -0.2) is 0 Å². The third kappa shape index (κ3) is 2.37. The molecule has 108 valence electrons. The van der Waals surface area contributed by atoms with Crippen molar-refractivity contribution in [2.75, 3.05) is 6.61 Å². The zero-order valence-corrected chi connectivity index (χ0v) is 10.3. The molecule has 0 saturated heterocycles. The number of rotatable bonds is 4. The Balaban J connectivity index is 2.55. The molecule has 0 bridgehead atoms. The fourth-order valence-electron chi connectivity index (χ4n) is 1.89. The number of aromatic nitrogens is 2. The lowest BCUT2D eigenvalue weighted by molar-refractivity contribution is -0.465. The van der Waals surface area contributed by atoms with Crippen LogP contribution in [0.4, 0.5) is 0 Å². The number of hydrogen-bond acceptors (Lipinski definition) is 6. The highest BCUT2D eigenvalue weighted by atomic mass is 16.5. The first-order valence-electron chi connectivity index (χ1n) is 5.86. The summed E-state index contributed by atoms with van der Waals surface area (Å²) in [6.07, 6.45) is -4.40. The molecule has 4 N–H and O–H groups in total. The van der Waals surface area contributed by atoms with Gasteiger partial charge in [-0.05, 0) is 6.07 Å². The molecular weight excluding hydrogens is 268 g/mol. The van der Waals surface area contributed by atoms with Crippen molar-refractivity contribution in [2.24, 2.45) is 0 Å². The average Bonchev–Trinajstić information content (AvgIpc) is 2.48. The molecule has 1 heterocycles. The highest BCUT2D eigenvalue weighted by molar-refractivity contribution is 5.71. The van der Waals surface area contributed by atoms with Gasteiger partial charge in [-0.15, -0.1) is 0 Å². The lowest BCUT2D eigenvalue weighted by Crippen LogP contribution is -2.36. The van der Waals surface area contributed by atoms with Crippen LogP contribution in [0.3, 0.4) is 0 Å². The van der Waals surface area contributed by atoms with Gasteiger partial charge in [0.1, 0.15) is 29.5 Å². The second-order valence-electron chi connectivity index (χ2n) is 4.35. The predicted octanol–water partition coefficient (Wildman–Crippen LogP) is -1.35. The molecule has 20 heavy (non-hydrogen) atoms. The number of fused-ring (bicyclic) bond motifs is 1. The maximum atomic E-state index is 12.1. The Labute approximate surface area is 113 Å². The Morgan fingerprint density at radius 1 is 1.25 bits per heavy atom. The topological polar surface area (TPSA) is 132 Å². The van der Waals surface area contributed by atoms with E-state index in [4.69, 9.17) is 5.11 Å². The van der Waals surface area contributed by atoms with Gasteiger partial charge in [-0.1, -0.05) is 12.1 Å². The molecule has 0 aliphatic heterocycles. The second kappa shape index (κ2) is 5.55. The molecule has 0 aliphatic carbocycles. The summed E-state index contributed by atoms with van der Waals surface area (Å²) in [5.74, 6) is 0. The van der Waals surface area contributed by atoms with Gasteiger partial charge in [0.25, 0.3) is 5.52 Å². The maximum absolute atomic E-state index is 12.1. The van der Waals surface area contributed by atoms with Crippen LogP contribution in [0.1, 0.15) is 11.8 Å². The normalized spacial score (nSPS) is 16.0. The van der Waals surface area contributed by atoms with E-state index >= 15 is 0 Å². The van der Waals surface area contributed by atoms with E-state index in [1.807, 2.05) is 0 Å². The van der Waals surface area contributed by atoms with Crippen molar-refractivity contribution >= 4 is 11.0 Å². The summed E-state index contributed by atoms with van der Waals surface area (Å²) in [5.41, 5.74) is -0.293. The molecule has 1 aromatic carbocycles. The molecule has 2 rings (SSSR count). The highest BCUT2D eigenvalue weighted by Gasteiger charge is 2.29. The van der Waals surface area contributed by atoms with E-state index in [0.29, 0.717) is 9.16 Å². The van der Waals surface area contributed by atoms with E-state index < -0.39 is 30.6 Å². The first-order valence-corrected chi connectivity index (χ1v) is 5.86. The number of nitrogens with zero attached hydrogens (tertiary/aromatic N) is 2. The quantitative estimate of drug-likeness (QED) is 0.513. The SMILES string of the molecule is O=[n+]1cc([C@@H](O)[C@H](O)[C@H](O)CO)n([O-])c2ccccc21. The molecule has 0 fully saturated rings.